The number of nitrogens with one attached hydrogen (secondary N) is 1. The lowest BCUT2D eigenvalue weighted by molar-refractivity contribution is 0.0792. The Bertz CT molecular complexity index is 830. The van der Waals surface area contributed by atoms with E-state index >= 15 is 0 Å². The van der Waals surface area contributed by atoms with Crippen LogP contribution in [0.4, 0.5) is 11.4 Å². The van der Waals surface area contributed by atoms with E-state index in [1.807, 2.05) is 24.3 Å². The quantitative estimate of drug-likeness (QED) is 0.777. The first-order valence-electron chi connectivity index (χ1n) is 10.2. The maximum atomic E-state index is 12.8. The number of anilines is 2. The minimum absolute atomic E-state index is 0.0249. The fraction of sp³-hybridized carbons (Fsp3) is 0.391. The van der Waals surface area contributed by atoms with Crippen molar-refractivity contribution in [1.29, 1.82) is 0 Å². The van der Waals surface area contributed by atoms with Crippen LogP contribution in [0.3, 0.4) is 0 Å². The topological polar surface area (TPSA) is 61.9 Å². The summed E-state index contributed by atoms with van der Waals surface area (Å²) in [7, 11) is 1.81. The van der Waals surface area contributed by atoms with Crippen LogP contribution in [-0.2, 0) is 4.74 Å². The van der Waals surface area contributed by atoms with E-state index in [1.165, 1.54) is 0 Å². The van der Waals surface area contributed by atoms with Crippen LogP contribution in [0.1, 0.15) is 40.5 Å². The number of hydrogen-bond donors (Lipinski definition) is 1. The van der Waals surface area contributed by atoms with Crippen molar-refractivity contribution in [2.24, 2.45) is 0 Å². The van der Waals surface area contributed by atoms with Gasteiger partial charge in [-0.3, -0.25) is 9.59 Å². The summed E-state index contributed by atoms with van der Waals surface area (Å²) < 4.78 is 5.42. The van der Waals surface area contributed by atoms with Crippen molar-refractivity contribution in [2.45, 2.75) is 19.8 Å². The molecule has 2 aromatic carbocycles. The fourth-order valence-electron chi connectivity index (χ4n) is 3.34. The second-order valence-corrected chi connectivity index (χ2v) is 7.23. The Morgan fingerprint density at radius 3 is 2.38 bits per heavy atom. The van der Waals surface area contributed by atoms with Crippen molar-refractivity contribution in [3.05, 3.63) is 59.7 Å². The van der Waals surface area contributed by atoms with Gasteiger partial charge < -0.3 is 19.9 Å². The molecule has 0 aromatic heterocycles. The second-order valence-electron chi connectivity index (χ2n) is 7.23. The first-order valence-corrected chi connectivity index (χ1v) is 10.2. The summed E-state index contributed by atoms with van der Waals surface area (Å²) in [6, 6.07) is 14.6. The fourth-order valence-corrected chi connectivity index (χ4v) is 3.34. The van der Waals surface area contributed by atoms with Gasteiger partial charge in [0.05, 0.1) is 24.6 Å². The molecule has 0 aliphatic carbocycles. The number of hydrogen-bond acceptors (Lipinski definition) is 4. The highest BCUT2D eigenvalue weighted by Crippen LogP contribution is 2.26. The molecule has 1 N–H and O–H groups in total. The minimum atomic E-state index is -0.191. The highest BCUT2D eigenvalue weighted by Gasteiger charge is 2.17. The van der Waals surface area contributed by atoms with Crippen LogP contribution in [0.15, 0.2) is 48.5 Å². The molecular formula is C23H29N3O3. The van der Waals surface area contributed by atoms with E-state index in [2.05, 4.69) is 17.1 Å². The number of para-hydroxylation sites is 2. The molecular weight excluding hydrogens is 366 g/mol. The van der Waals surface area contributed by atoms with E-state index in [0.717, 1.165) is 43.9 Å². The molecule has 6 heteroatoms. The molecule has 0 unspecified atom stereocenters. The number of carbonyl (C=O) groups excluding carboxylic acids is 2. The van der Waals surface area contributed by atoms with Gasteiger partial charge in [0.25, 0.3) is 11.8 Å². The Balaban J connectivity index is 1.68. The summed E-state index contributed by atoms with van der Waals surface area (Å²) >= 11 is 0. The van der Waals surface area contributed by atoms with Gasteiger partial charge in [0.1, 0.15) is 0 Å². The number of unbranched alkanes of at least 4 members (excludes halogenated alkanes) is 1. The molecule has 0 saturated carbocycles. The van der Waals surface area contributed by atoms with Crippen LogP contribution in [0.2, 0.25) is 0 Å². The van der Waals surface area contributed by atoms with Crippen LogP contribution < -0.4 is 10.2 Å². The lowest BCUT2D eigenvalue weighted by Gasteiger charge is -2.30. The van der Waals surface area contributed by atoms with Gasteiger partial charge in [-0.15, -0.1) is 0 Å². The Morgan fingerprint density at radius 1 is 1.03 bits per heavy atom. The number of morpholine rings is 1. The summed E-state index contributed by atoms with van der Waals surface area (Å²) in [6.45, 7) is 5.80. The standard InChI is InChI=1S/C23H29N3O3/c1-3-4-13-25(2)23(28)19-11-9-18(10-12-19)22(27)24-20-7-5-6-8-21(20)26-14-16-29-17-15-26/h5-12H,3-4,13-17H2,1-2H3,(H,24,27). The molecule has 0 spiro atoms. The predicted molar refractivity (Wildman–Crippen MR) is 116 cm³/mol. The first-order chi connectivity index (χ1) is 14.1. The number of rotatable bonds is 7. The van der Waals surface area contributed by atoms with Crippen molar-refractivity contribution in [1.82, 2.24) is 4.90 Å². The third-order valence-electron chi connectivity index (χ3n) is 5.09. The molecule has 0 radical (unpaired) electrons. The Hall–Kier alpha value is -2.86. The molecule has 3 rings (SSSR count). The maximum absolute atomic E-state index is 12.8. The highest BCUT2D eigenvalue weighted by atomic mass is 16.5. The van der Waals surface area contributed by atoms with Crippen LogP contribution in [-0.4, -0.2) is 56.6 Å². The number of carbonyl (C=O) groups is 2. The van der Waals surface area contributed by atoms with E-state index in [0.29, 0.717) is 24.3 Å². The predicted octanol–water partition coefficient (Wildman–Crippen LogP) is 3.65. The van der Waals surface area contributed by atoms with Crippen molar-refractivity contribution < 1.29 is 14.3 Å². The van der Waals surface area contributed by atoms with Crippen molar-refractivity contribution in [3.63, 3.8) is 0 Å². The summed E-state index contributed by atoms with van der Waals surface area (Å²) in [5.41, 5.74) is 2.88. The lowest BCUT2D eigenvalue weighted by atomic mass is 10.1. The summed E-state index contributed by atoms with van der Waals surface area (Å²) in [6.07, 6.45) is 2.02. The van der Waals surface area contributed by atoms with E-state index in [-0.39, 0.29) is 11.8 Å². The van der Waals surface area contributed by atoms with Gasteiger partial charge in [-0.2, -0.15) is 0 Å². The van der Waals surface area contributed by atoms with Gasteiger partial charge in [0.15, 0.2) is 0 Å². The zero-order chi connectivity index (χ0) is 20.6. The lowest BCUT2D eigenvalue weighted by Crippen LogP contribution is -2.36. The average molecular weight is 396 g/mol. The molecule has 1 heterocycles. The third-order valence-corrected chi connectivity index (χ3v) is 5.09. The summed E-state index contributed by atoms with van der Waals surface area (Å²) in [5.74, 6) is -0.216. The molecule has 2 aromatic rings. The largest absolute Gasteiger partial charge is 0.378 e. The molecule has 1 saturated heterocycles. The molecule has 29 heavy (non-hydrogen) atoms. The normalized spacial score (nSPS) is 13.8. The molecule has 1 aliphatic rings. The van der Waals surface area contributed by atoms with Crippen molar-refractivity contribution in [2.75, 3.05) is 50.1 Å². The highest BCUT2D eigenvalue weighted by molar-refractivity contribution is 6.06. The number of nitrogens with zero attached hydrogens (tertiary/aromatic N) is 2. The van der Waals surface area contributed by atoms with Crippen LogP contribution in [0.25, 0.3) is 0 Å². The van der Waals surface area contributed by atoms with E-state index in [1.54, 1.807) is 36.2 Å². The van der Waals surface area contributed by atoms with Gasteiger partial charge in [-0.05, 0) is 42.8 Å². The third kappa shape index (κ3) is 5.35. The van der Waals surface area contributed by atoms with E-state index < -0.39 is 0 Å². The minimum Gasteiger partial charge on any atom is -0.378 e. The second kappa shape index (κ2) is 10.1. The molecule has 2 amide bonds. The van der Waals surface area contributed by atoms with Crippen molar-refractivity contribution in [3.8, 4) is 0 Å². The molecule has 0 bridgehead atoms. The zero-order valence-electron chi connectivity index (χ0n) is 17.2. The van der Waals surface area contributed by atoms with E-state index in [9.17, 15) is 9.59 Å². The van der Waals surface area contributed by atoms with Crippen molar-refractivity contribution >= 4 is 23.2 Å². The van der Waals surface area contributed by atoms with Crippen LogP contribution >= 0.6 is 0 Å². The SMILES string of the molecule is CCCCN(C)C(=O)c1ccc(C(=O)Nc2ccccc2N2CCOCC2)cc1. The van der Waals surface area contributed by atoms with E-state index in [4.69, 9.17) is 4.74 Å². The Kier molecular flexibility index (Phi) is 7.25. The van der Waals surface area contributed by atoms with Gasteiger partial charge >= 0.3 is 0 Å². The number of benzene rings is 2. The molecule has 0 atom stereocenters. The van der Waals surface area contributed by atoms with Gasteiger partial charge in [0, 0.05) is 37.8 Å². The molecule has 6 nitrogen and oxygen atoms in total. The first kappa shape index (κ1) is 20.9. The molecule has 154 valence electrons. The summed E-state index contributed by atoms with van der Waals surface area (Å²) in [4.78, 5) is 29.1. The molecule has 1 aliphatic heterocycles. The monoisotopic (exact) mass is 395 g/mol. The maximum Gasteiger partial charge on any atom is 0.255 e. The smallest absolute Gasteiger partial charge is 0.255 e. The Labute approximate surface area is 172 Å². The number of ether oxygens (including phenoxy) is 1. The molecule has 1 fully saturated rings. The number of amides is 2. The van der Waals surface area contributed by atoms with Crippen LogP contribution in [0.5, 0.6) is 0 Å². The Morgan fingerprint density at radius 2 is 1.69 bits per heavy atom. The average Bonchev–Trinajstić information content (AvgIpc) is 2.78. The summed E-state index contributed by atoms with van der Waals surface area (Å²) in [5, 5.41) is 3.01. The van der Waals surface area contributed by atoms with Gasteiger partial charge in [0.2, 0.25) is 0 Å². The van der Waals surface area contributed by atoms with Gasteiger partial charge in [-0.1, -0.05) is 25.5 Å². The van der Waals surface area contributed by atoms with Crippen LogP contribution in [0, 0.1) is 0 Å². The van der Waals surface area contributed by atoms with Gasteiger partial charge in [-0.25, -0.2) is 0 Å². The zero-order valence-corrected chi connectivity index (χ0v) is 17.2.